The molecule has 0 heterocycles. The summed E-state index contributed by atoms with van der Waals surface area (Å²) in [6.07, 6.45) is 58.9. The van der Waals surface area contributed by atoms with Crippen LogP contribution in [0.5, 0.6) is 0 Å². The number of esters is 2. The quantitative estimate of drug-likeness (QED) is 0.0278. The van der Waals surface area contributed by atoms with Crippen LogP contribution < -0.4 is 0 Å². The molecule has 0 amide bonds. The molecule has 0 radical (unpaired) electrons. The first kappa shape index (κ1) is 68.0. The third-order valence-electron chi connectivity index (χ3n) is 13.9. The largest absolute Gasteiger partial charge is 0.472 e. The molecule has 0 aliphatic carbocycles. The van der Waals surface area contributed by atoms with Gasteiger partial charge in [-0.25, -0.2) is 4.57 Å². The molecule has 0 spiro atoms. The Morgan fingerprint density at radius 3 is 0.928 bits per heavy atom. The number of unbranched alkanes of at least 4 members (excludes halogenated alkanes) is 43. The van der Waals surface area contributed by atoms with Crippen LogP contribution >= 0.6 is 7.82 Å². The monoisotopic (exact) mass is 1000 g/mol. The molecule has 0 rings (SSSR count). The van der Waals surface area contributed by atoms with Crippen molar-refractivity contribution in [3.8, 4) is 0 Å². The van der Waals surface area contributed by atoms with Crippen LogP contribution in [0.1, 0.15) is 316 Å². The van der Waals surface area contributed by atoms with Gasteiger partial charge in [0.25, 0.3) is 0 Å². The highest BCUT2D eigenvalue weighted by Gasteiger charge is 2.27. The predicted molar refractivity (Wildman–Crippen MR) is 294 cm³/mol. The van der Waals surface area contributed by atoms with Gasteiger partial charge in [0.15, 0.2) is 6.10 Å². The average Bonchev–Trinajstić information content (AvgIpc) is 3.31. The van der Waals surface area contributed by atoms with E-state index in [0.717, 1.165) is 38.5 Å². The second-order valence-electron chi connectivity index (χ2n) is 22.1. The van der Waals surface area contributed by atoms with Crippen molar-refractivity contribution in [1.29, 1.82) is 0 Å². The summed E-state index contributed by atoms with van der Waals surface area (Å²) < 4.78 is 34.6. The summed E-state index contributed by atoms with van der Waals surface area (Å²) in [4.78, 5) is 35.7. The molecule has 1 N–H and O–H groups in total. The van der Waals surface area contributed by atoms with Crippen molar-refractivity contribution in [1.82, 2.24) is 0 Å². The van der Waals surface area contributed by atoms with Crippen molar-refractivity contribution in [2.75, 3.05) is 47.5 Å². The molecule has 0 aromatic rings. The number of hydrogen-bond acceptors (Lipinski definition) is 7. The fraction of sp³-hybridized carbons (Fsp3) is 0.966. The predicted octanol–water partition coefficient (Wildman–Crippen LogP) is 18.7. The number of rotatable bonds is 57. The zero-order valence-electron chi connectivity index (χ0n) is 46.8. The number of likely N-dealkylation sites (N-methyl/N-ethyl adjacent to an activating group) is 1. The number of carbonyl (C=O) groups excluding carboxylic acids is 2. The van der Waals surface area contributed by atoms with E-state index in [1.54, 1.807) is 0 Å². The van der Waals surface area contributed by atoms with Crippen molar-refractivity contribution in [2.45, 2.75) is 322 Å². The smallest absolute Gasteiger partial charge is 0.462 e. The van der Waals surface area contributed by atoms with Crippen LogP contribution in [-0.4, -0.2) is 74.9 Å². The maximum atomic E-state index is 12.8. The van der Waals surface area contributed by atoms with Crippen LogP contribution in [0.25, 0.3) is 0 Å². The lowest BCUT2D eigenvalue weighted by Crippen LogP contribution is -2.37. The number of hydrogen-bond donors (Lipinski definition) is 1. The summed E-state index contributed by atoms with van der Waals surface area (Å²) in [7, 11) is 1.50. The van der Waals surface area contributed by atoms with E-state index in [2.05, 4.69) is 13.8 Å². The summed E-state index contributed by atoms with van der Waals surface area (Å²) in [5.74, 6) is -0.772. The van der Waals surface area contributed by atoms with Crippen LogP contribution in [0, 0.1) is 0 Å². The van der Waals surface area contributed by atoms with Crippen molar-refractivity contribution in [3.63, 3.8) is 0 Å². The topological polar surface area (TPSA) is 108 Å². The Morgan fingerprint density at radius 2 is 0.652 bits per heavy atom. The van der Waals surface area contributed by atoms with Crippen LogP contribution in [0.15, 0.2) is 0 Å². The van der Waals surface area contributed by atoms with Gasteiger partial charge in [-0.2, -0.15) is 0 Å². The lowest BCUT2D eigenvalue weighted by Gasteiger charge is -2.24. The summed E-state index contributed by atoms with van der Waals surface area (Å²) in [6.45, 7) is 4.52. The highest BCUT2D eigenvalue weighted by Crippen LogP contribution is 2.43. The Morgan fingerprint density at radius 1 is 0.391 bits per heavy atom. The van der Waals surface area contributed by atoms with E-state index in [0.29, 0.717) is 17.4 Å². The molecule has 2 atom stereocenters. The maximum Gasteiger partial charge on any atom is 0.472 e. The summed E-state index contributed by atoms with van der Waals surface area (Å²) in [6, 6.07) is 0. The van der Waals surface area contributed by atoms with Crippen molar-refractivity contribution in [3.05, 3.63) is 0 Å². The molecule has 0 aliphatic rings. The normalized spacial score (nSPS) is 13.2. The summed E-state index contributed by atoms with van der Waals surface area (Å²) >= 11 is 0. The lowest BCUT2D eigenvalue weighted by molar-refractivity contribution is -0.870. The van der Waals surface area contributed by atoms with E-state index < -0.39 is 26.5 Å². The van der Waals surface area contributed by atoms with Crippen molar-refractivity contribution >= 4 is 19.8 Å². The van der Waals surface area contributed by atoms with E-state index in [4.69, 9.17) is 18.5 Å². The molecule has 0 fully saturated rings. The molecular weight excluding hydrogens is 882 g/mol. The fourth-order valence-electron chi connectivity index (χ4n) is 9.20. The number of phosphoric ester groups is 1. The SMILES string of the molecule is CCCCCCCCCCCCCCCCCCCCCCCCCCC(=O)OC(COC(=O)CCCCCCCCCCCCCCCCCCCCCCC)COP(=O)(O)OCC[N+](C)(C)C. The molecule has 9 nitrogen and oxygen atoms in total. The zero-order chi connectivity index (χ0) is 50.6. The van der Waals surface area contributed by atoms with Crippen LogP contribution in [-0.2, 0) is 32.7 Å². The van der Waals surface area contributed by atoms with Crippen LogP contribution in [0.2, 0.25) is 0 Å². The Labute approximate surface area is 429 Å². The zero-order valence-corrected chi connectivity index (χ0v) is 47.7. The van der Waals surface area contributed by atoms with Crippen molar-refractivity contribution < 1.29 is 42.1 Å². The molecule has 0 aromatic carbocycles. The van der Waals surface area contributed by atoms with Gasteiger partial charge < -0.3 is 18.9 Å². The Balaban J connectivity index is 4.08. The van der Waals surface area contributed by atoms with Gasteiger partial charge in [-0.1, -0.05) is 290 Å². The standard InChI is InChI=1S/C59H118NO8P/c1-6-8-10-12-14-16-18-20-22-24-26-28-29-30-32-34-36-38-40-42-44-46-48-50-52-59(62)68-57(56-67-69(63,64)66-54-53-60(3,4)5)55-65-58(61)51-49-47-45-43-41-39-37-35-33-31-27-25-23-21-19-17-15-13-11-9-7-2/h57H,6-56H2,1-5H3/p+1. The van der Waals surface area contributed by atoms with Gasteiger partial charge in [-0.15, -0.1) is 0 Å². The minimum absolute atomic E-state index is 0.0375. The van der Waals surface area contributed by atoms with Gasteiger partial charge in [0.05, 0.1) is 27.7 Å². The first-order valence-corrected chi connectivity index (χ1v) is 31.8. The van der Waals surface area contributed by atoms with E-state index >= 15 is 0 Å². The third kappa shape index (κ3) is 56.2. The molecule has 69 heavy (non-hydrogen) atoms. The number of nitrogens with zero attached hydrogens (tertiary/aromatic N) is 1. The minimum atomic E-state index is -4.38. The average molecular weight is 1000 g/mol. The molecule has 412 valence electrons. The van der Waals surface area contributed by atoms with E-state index in [9.17, 15) is 19.0 Å². The molecule has 0 aliphatic heterocycles. The highest BCUT2D eigenvalue weighted by atomic mass is 31.2. The molecule has 10 heteroatoms. The number of phosphoric acid groups is 1. The number of carbonyl (C=O) groups is 2. The second-order valence-corrected chi connectivity index (χ2v) is 23.6. The van der Waals surface area contributed by atoms with Crippen LogP contribution in [0.3, 0.4) is 0 Å². The molecule has 2 unspecified atom stereocenters. The van der Waals surface area contributed by atoms with Gasteiger partial charge in [0.1, 0.15) is 19.8 Å². The third-order valence-corrected chi connectivity index (χ3v) is 14.9. The van der Waals surface area contributed by atoms with Crippen molar-refractivity contribution in [2.24, 2.45) is 0 Å². The summed E-state index contributed by atoms with van der Waals surface area (Å²) in [5, 5.41) is 0. The lowest BCUT2D eigenvalue weighted by atomic mass is 10.0. The van der Waals surface area contributed by atoms with Gasteiger partial charge in [-0.05, 0) is 12.8 Å². The number of ether oxygens (including phenoxy) is 2. The molecular formula is C59H119NO8P+. The highest BCUT2D eigenvalue weighted by molar-refractivity contribution is 7.47. The summed E-state index contributed by atoms with van der Waals surface area (Å²) in [5.41, 5.74) is 0. The van der Waals surface area contributed by atoms with Gasteiger partial charge >= 0.3 is 19.8 Å². The second kappa shape index (κ2) is 51.9. The maximum absolute atomic E-state index is 12.8. The van der Waals surface area contributed by atoms with E-state index in [-0.39, 0.29) is 25.6 Å². The fourth-order valence-corrected chi connectivity index (χ4v) is 9.94. The molecule has 0 aromatic heterocycles. The Bertz CT molecular complexity index is 1130. The minimum Gasteiger partial charge on any atom is -0.462 e. The first-order valence-electron chi connectivity index (χ1n) is 30.3. The Kier molecular flexibility index (Phi) is 51.1. The molecule has 0 bridgehead atoms. The Hall–Kier alpha value is -0.990. The van der Waals surface area contributed by atoms with Crippen LogP contribution in [0.4, 0.5) is 0 Å². The number of quaternary nitrogens is 1. The first-order chi connectivity index (χ1) is 33.5. The van der Waals surface area contributed by atoms with Gasteiger partial charge in [-0.3, -0.25) is 18.6 Å². The van der Waals surface area contributed by atoms with Gasteiger partial charge in [0.2, 0.25) is 0 Å². The van der Waals surface area contributed by atoms with Gasteiger partial charge in [0, 0.05) is 12.8 Å². The molecule has 0 saturated carbocycles. The molecule has 0 saturated heterocycles. The van der Waals surface area contributed by atoms with E-state index in [1.165, 1.54) is 250 Å². The van der Waals surface area contributed by atoms with E-state index in [1.807, 2.05) is 21.1 Å².